The van der Waals surface area contributed by atoms with E-state index in [0.29, 0.717) is 17.8 Å². The molecule has 3 heterocycles. The van der Waals surface area contributed by atoms with Crippen molar-refractivity contribution >= 4 is 23.3 Å². The van der Waals surface area contributed by atoms with Gasteiger partial charge in [-0.05, 0) is 51.7 Å². The summed E-state index contributed by atoms with van der Waals surface area (Å²) in [6.07, 6.45) is 2.99. The number of piperidine rings is 1. The van der Waals surface area contributed by atoms with Gasteiger partial charge in [-0.1, -0.05) is 12.1 Å². The molecule has 2 saturated heterocycles. The molecule has 2 amide bonds. The molecule has 4 rings (SSSR count). The molecule has 2 fully saturated rings. The maximum atomic E-state index is 13.2. The summed E-state index contributed by atoms with van der Waals surface area (Å²) in [6.45, 7) is 4.54. The van der Waals surface area contributed by atoms with Gasteiger partial charge in [0, 0.05) is 42.8 Å². The average Bonchev–Trinajstić information content (AvgIpc) is 2.95. The van der Waals surface area contributed by atoms with Crippen LogP contribution in [0.2, 0.25) is 0 Å². The number of rotatable bonds is 6. The number of aliphatic hydroxyl groups excluding tert-OH is 1. The first-order valence-electron chi connectivity index (χ1n) is 11.2. The number of hydrogen-bond acceptors (Lipinski definition) is 6. The Morgan fingerprint density at radius 2 is 1.84 bits per heavy atom. The number of fused-ring (bicyclic) bond motifs is 3. The van der Waals surface area contributed by atoms with Gasteiger partial charge in [-0.15, -0.1) is 0 Å². The van der Waals surface area contributed by atoms with Gasteiger partial charge >= 0.3 is 0 Å². The summed E-state index contributed by atoms with van der Waals surface area (Å²) in [7, 11) is 0. The van der Waals surface area contributed by atoms with E-state index in [2.05, 4.69) is 10.2 Å². The number of anilines is 1. The maximum absolute atomic E-state index is 13.2. The van der Waals surface area contributed by atoms with Gasteiger partial charge in [0.05, 0.1) is 11.8 Å². The molecule has 3 unspecified atom stereocenters. The molecule has 0 saturated carbocycles. The van der Waals surface area contributed by atoms with Crippen LogP contribution in [0.4, 0.5) is 5.69 Å². The van der Waals surface area contributed by atoms with Crippen molar-refractivity contribution in [3.8, 4) is 0 Å². The van der Waals surface area contributed by atoms with Crippen LogP contribution in [0.5, 0.6) is 0 Å². The lowest BCUT2D eigenvalue weighted by Gasteiger charge is -2.40. The first-order valence-corrected chi connectivity index (χ1v) is 11.2. The standard InChI is InChI=1S/C23H32N4O4/c1-13(2)27-19-6-4-3-5-18(19)21(29)20(23(27)31)22(30)25-14-9-15-7-8-16(10-14)26(15)12-17(28)11-24/h3-6,13-17,20,28H,7-12,24H2,1-2H3,(H,25,30)/t14?,15-,16+,17?,20?. The maximum Gasteiger partial charge on any atom is 0.247 e. The van der Waals surface area contributed by atoms with E-state index in [1.807, 2.05) is 13.8 Å². The minimum absolute atomic E-state index is 0.0819. The summed E-state index contributed by atoms with van der Waals surface area (Å²) in [5.74, 6) is -2.73. The van der Waals surface area contributed by atoms with E-state index in [4.69, 9.17) is 5.73 Å². The molecule has 3 aliphatic heterocycles. The zero-order chi connectivity index (χ0) is 22.3. The number of nitrogens with one attached hydrogen (secondary N) is 1. The van der Waals surface area contributed by atoms with Crippen LogP contribution in [-0.2, 0) is 9.59 Å². The molecular formula is C23H32N4O4. The predicted octanol–water partition coefficient (Wildman–Crippen LogP) is 0.672. The molecule has 3 aliphatic rings. The van der Waals surface area contributed by atoms with Gasteiger partial charge in [0.1, 0.15) is 0 Å². The molecule has 0 aliphatic carbocycles. The van der Waals surface area contributed by atoms with E-state index < -0.39 is 29.6 Å². The van der Waals surface area contributed by atoms with Crippen LogP contribution in [0.15, 0.2) is 24.3 Å². The van der Waals surface area contributed by atoms with E-state index in [1.165, 1.54) is 0 Å². The number of hydrogen-bond donors (Lipinski definition) is 3. The fraction of sp³-hybridized carbons (Fsp3) is 0.609. The molecule has 31 heavy (non-hydrogen) atoms. The minimum atomic E-state index is -1.34. The molecule has 4 N–H and O–H groups in total. The van der Waals surface area contributed by atoms with Crippen LogP contribution in [0.25, 0.3) is 0 Å². The summed E-state index contributed by atoms with van der Waals surface area (Å²) < 4.78 is 0. The number of aliphatic hydroxyl groups is 1. The Morgan fingerprint density at radius 3 is 2.45 bits per heavy atom. The Bertz CT molecular complexity index is 859. The van der Waals surface area contributed by atoms with Gasteiger partial charge in [0.2, 0.25) is 11.8 Å². The van der Waals surface area contributed by atoms with E-state index in [-0.39, 0.29) is 30.7 Å². The number of benzene rings is 1. The number of carbonyl (C=O) groups excluding carboxylic acids is 3. The van der Waals surface area contributed by atoms with Crippen LogP contribution in [0, 0.1) is 5.92 Å². The molecule has 0 spiro atoms. The fourth-order valence-corrected chi connectivity index (χ4v) is 5.47. The van der Waals surface area contributed by atoms with Gasteiger partial charge < -0.3 is 21.1 Å². The summed E-state index contributed by atoms with van der Waals surface area (Å²) in [4.78, 5) is 43.2. The van der Waals surface area contributed by atoms with Gasteiger partial charge in [-0.2, -0.15) is 0 Å². The normalized spacial score (nSPS) is 29.3. The third kappa shape index (κ3) is 4.00. The van der Waals surface area contributed by atoms with Crippen LogP contribution in [-0.4, -0.2) is 71.0 Å². The van der Waals surface area contributed by atoms with Crippen LogP contribution in [0.3, 0.4) is 0 Å². The van der Waals surface area contributed by atoms with Crippen molar-refractivity contribution in [3.05, 3.63) is 29.8 Å². The molecule has 5 atom stereocenters. The second kappa shape index (κ2) is 8.68. The highest BCUT2D eigenvalue weighted by Crippen LogP contribution is 2.36. The zero-order valence-corrected chi connectivity index (χ0v) is 18.2. The first-order chi connectivity index (χ1) is 14.8. The van der Waals surface area contributed by atoms with Crippen molar-refractivity contribution in [2.45, 2.75) is 69.8 Å². The highest BCUT2D eigenvalue weighted by Gasteiger charge is 2.47. The Labute approximate surface area is 182 Å². The number of amides is 2. The van der Waals surface area contributed by atoms with Gasteiger partial charge in [-0.3, -0.25) is 19.3 Å². The lowest BCUT2D eigenvalue weighted by Crippen LogP contribution is -2.57. The molecule has 0 aromatic heterocycles. The second-order valence-electron chi connectivity index (χ2n) is 9.26. The quantitative estimate of drug-likeness (QED) is 0.574. The summed E-state index contributed by atoms with van der Waals surface area (Å²) in [6, 6.07) is 7.28. The lowest BCUT2D eigenvalue weighted by atomic mass is 9.88. The fourth-order valence-electron chi connectivity index (χ4n) is 5.47. The third-order valence-corrected chi connectivity index (χ3v) is 6.88. The summed E-state index contributed by atoms with van der Waals surface area (Å²) >= 11 is 0. The SMILES string of the molecule is CC(C)N1C(=O)C(C(=O)NC2C[C@H]3CC[C@@H](C2)N3CC(O)CN)C(=O)c2ccccc21. The summed E-state index contributed by atoms with van der Waals surface area (Å²) in [5.41, 5.74) is 6.56. The molecule has 1 aromatic carbocycles. The lowest BCUT2D eigenvalue weighted by molar-refractivity contribution is -0.132. The van der Waals surface area contributed by atoms with Crippen molar-refractivity contribution in [1.82, 2.24) is 10.2 Å². The summed E-state index contributed by atoms with van der Waals surface area (Å²) in [5, 5.41) is 13.0. The van der Waals surface area contributed by atoms with E-state index in [0.717, 1.165) is 25.7 Å². The molecule has 8 heteroatoms. The van der Waals surface area contributed by atoms with Gasteiger partial charge in [0.25, 0.3) is 0 Å². The van der Waals surface area contributed by atoms with Crippen molar-refractivity contribution in [2.75, 3.05) is 18.0 Å². The van der Waals surface area contributed by atoms with Crippen LogP contribution < -0.4 is 16.0 Å². The Balaban J connectivity index is 1.48. The van der Waals surface area contributed by atoms with E-state index in [9.17, 15) is 19.5 Å². The monoisotopic (exact) mass is 428 g/mol. The van der Waals surface area contributed by atoms with Crippen molar-refractivity contribution < 1.29 is 19.5 Å². The highest BCUT2D eigenvalue weighted by atomic mass is 16.3. The second-order valence-corrected chi connectivity index (χ2v) is 9.26. The number of ketones is 1. The molecule has 168 valence electrons. The number of carbonyl (C=O) groups is 3. The van der Waals surface area contributed by atoms with E-state index in [1.54, 1.807) is 29.2 Å². The average molecular weight is 429 g/mol. The third-order valence-electron chi connectivity index (χ3n) is 6.88. The molecule has 2 bridgehead atoms. The van der Waals surface area contributed by atoms with Crippen molar-refractivity contribution in [2.24, 2.45) is 11.7 Å². The number of Topliss-reactive ketones (excluding diaryl/α,β-unsaturated/α-hetero) is 1. The zero-order valence-electron chi connectivity index (χ0n) is 18.2. The molecular weight excluding hydrogens is 396 g/mol. The highest BCUT2D eigenvalue weighted by molar-refractivity contribution is 6.31. The topological polar surface area (TPSA) is 116 Å². The van der Waals surface area contributed by atoms with E-state index >= 15 is 0 Å². The van der Waals surface area contributed by atoms with Gasteiger partial charge in [-0.25, -0.2) is 0 Å². The number of nitrogens with two attached hydrogens (primary N) is 1. The number of nitrogens with zero attached hydrogens (tertiary/aromatic N) is 2. The van der Waals surface area contributed by atoms with Gasteiger partial charge in [0.15, 0.2) is 11.7 Å². The van der Waals surface area contributed by atoms with Crippen LogP contribution in [0.1, 0.15) is 49.9 Å². The minimum Gasteiger partial charge on any atom is -0.390 e. The largest absolute Gasteiger partial charge is 0.390 e. The smallest absolute Gasteiger partial charge is 0.247 e. The van der Waals surface area contributed by atoms with Crippen molar-refractivity contribution in [1.29, 1.82) is 0 Å². The Morgan fingerprint density at radius 1 is 1.19 bits per heavy atom. The Hall–Kier alpha value is -2.29. The number of para-hydroxylation sites is 1. The predicted molar refractivity (Wildman–Crippen MR) is 117 cm³/mol. The molecule has 1 aromatic rings. The first kappa shape index (κ1) is 21.9. The van der Waals surface area contributed by atoms with Crippen LogP contribution >= 0.6 is 0 Å². The Kier molecular flexibility index (Phi) is 6.14. The molecule has 0 radical (unpaired) electrons. The molecule has 8 nitrogen and oxygen atoms in total. The van der Waals surface area contributed by atoms with Crippen molar-refractivity contribution in [3.63, 3.8) is 0 Å².